The van der Waals surface area contributed by atoms with E-state index in [0.717, 1.165) is 10.9 Å². The Labute approximate surface area is 156 Å². The van der Waals surface area contributed by atoms with Crippen LogP contribution in [0.2, 0.25) is 5.02 Å². The number of benzene rings is 2. The fourth-order valence-corrected chi connectivity index (χ4v) is 2.94. The average Bonchev–Trinajstić information content (AvgIpc) is 2.64. The Kier molecular flexibility index (Phi) is 5.49. The first kappa shape index (κ1) is 18.3. The predicted molar refractivity (Wildman–Crippen MR) is 103 cm³/mol. The van der Waals surface area contributed by atoms with Crippen LogP contribution in [-0.4, -0.2) is 28.9 Å². The number of anilines is 1. The normalized spacial score (nSPS) is 12.3. The maximum absolute atomic E-state index is 14.0. The highest BCUT2D eigenvalue weighted by Gasteiger charge is 2.21. The minimum absolute atomic E-state index is 0.184. The quantitative estimate of drug-likeness (QED) is 0.718. The molecule has 3 aromatic rings. The van der Waals surface area contributed by atoms with Crippen LogP contribution in [0.5, 0.6) is 0 Å². The Morgan fingerprint density at radius 1 is 1.23 bits per heavy atom. The van der Waals surface area contributed by atoms with Crippen LogP contribution in [0.25, 0.3) is 10.9 Å². The van der Waals surface area contributed by atoms with Crippen molar-refractivity contribution in [2.75, 3.05) is 12.4 Å². The molecule has 0 aliphatic carbocycles. The van der Waals surface area contributed by atoms with Gasteiger partial charge >= 0.3 is 0 Å². The second-order valence-corrected chi connectivity index (χ2v) is 6.56. The van der Waals surface area contributed by atoms with Gasteiger partial charge in [0.2, 0.25) is 5.91 Å². The molecule has 134 valence electrons. The minimum Gasteiger partial charge on any atom is -0.324 e. The first-order valence-electron chi connectivity index (χ1n) is 8.25. The number of likely N-dealkylation sites (N-methyl/N-ethyl adjacent to an activating group) is 1. The van der Waals surface area contributed by atoms with Crippen LogP contribution in [0, 0.1) is 5.82 Å². The Bertz CT molecular complexity index is 922. The molecule has 0 aliphatic rings. The molecule has 0 saturated carbocycles. The molecule has 0 radical (unpaired) electrons. The van der Waals surface area contributed by atoms with E-state index in [9.17, 15) is 9.18 Å². The number of rotatable bonds is 5. The van der Waals surface area contributed by atoms with E-state index in [0.29, 0.717) is 16.3 Å². The topological polar surface area (TPSA) is 45.2 Å². The molecule has 4 nitrogen and oxygen atoms in total. The molecule has 1 atom stereocenters. The van der Waals surface area contributed by atoms with Gasteiger partial charge in [-0.2, -0.15) is 0 Å². The highest BCUT2D eigenvalue weighted by Crippen LogP contribution is 2.23. The number of pyridine rings is 1. The number of hydrogen-bond acceptors (Lipinski definition) is 3. The van der Waals surface area contributed by atoms with Crippen LogP contribution >= 0.6 is 11.6 Å². The zero-order valence-corrected chi connectivity index (χ0v) is 15.3. The first-order chi connectivity index (χ1) is 12.5. The lowest BCUT2D eigenvalue weighted by Gasteiger charge is -2.24. The molecule has 0 fully saturated rings. The summed E-state index contributed by atoms with van der Waals surface area (Å²) in [6.07, 6.45) is 1.71. The van der Waals surface area contributed by atoms with Crippen molar-refractivity contribution in [3.8, 4) is 0 Å². The lowest BCUT2D eigenvalue weighted by atomic mass is 10.1. The third-order valence-corrected chi connectivity index (χ3v) is 4.77. The Hall–Kier alpha value is -2.50. The van der Waals surface area contributed by atoms with Crippen molar-refractivity contribution in [2.24, 2.45) is 0 Å². The minimum atomic E-state index is -0.474. The summed E-state index contributed by atoms with van der Waals surface area (Å²) < 4.78 is 14.0. The Morgan fingerprint density at radius 2 is 2.00 bits per heavy atom. The van der Waals surface area contributed by atoms with E-state index in [1.54, 1.807) is 37.2 Å². The van der Waals surface area contributed by atoms with Crippen molar-refractivity contribution >= 4 is 34.1 Å². The molecule has 1 heterocycles. The van der Waals surface area contributed by atoms with E-state index in [4.69, 9.17) is 11.6 Å². The van der Waals surface area contributed by atoms with Gasteiger partial charge in [0.1, 0.15) is 5.82 Å². The molecule has 0 saturated heterocycles. The zero-order valence-electron chi connectivity index (χ0n) is 14.5. The van der Waals surface area contributed by atoms with Gasteiger partial charge in [-0.1, -0.05) is 23.7 Å². The van der Waals surface area contributed by atoms with Crippen molar-refractivity contribution < 1.29 is 9.18 Å². The highest BCUT2D eigenvalue weighted by molar-refractivity contribution is 6.31. The van der Waals surface area contributed by atoms with E-state index < -0.39 is 6.04 Å². The number of nitrogens with one attached hydrogen (secondary N) is 1. The molecule has 0 spiro atoms. The second-order valence-electron chi connectivity index (χ2n) is 6.16. The maximum atomic E-state index is 14.0. The van der Waals surface area contributed by atoms with Crippen molar-refractivity contribution in [3.63, 3.8) is 0 Å². The summed E-state index contributed by atoms with van der Waals surface area (Å²) >= 11 is 6.08. The van der Waals surface area contributed by atoms with Gasteiger partial charge in [-0.3, -0.25) is 14.7 Å². The van der Waals surface area contributed by atoms with E-state index in [1.165, 1.54) is 6.07 Å². The van der Waals surface area contributed by atoms with E-state index in [1.807, 2.05) is 30.3 Å². The van der Waals surface area contributed by atoms with Gasteiger partial charge in [-0.25, -0.2) is 4.39 Å². The lowest BCUT2D eigenvalue weighted by molar-refractivity contribution is -0.120. The Morgan fingerprint density at radius 3 is 2.77 bits per heavy atom. The summed E-state index contributed by atoms with van der Waals surface area (Å²) in [6.45, 7) is 2.00. The molecule has 1 amide bonds. The standard InChI is InChI=1S/C20H19ClFN3O/c1-13(25(2)12-15-16(21)7-3-8-17(15)22)20(26)24-19-10-4-9-18-14(19)6-5-11-23-18/h3-11,13H,12H2,1-2H3,(H,24,26)/t13-/m1/s1. The van der Waals surface area contributed by atoms with Crippen molar-refractivity contribution in [1.29, 1.82) is 0 Å². The molecule has 1 N–H and O–H groups in total. The van der Waals surface area contributed by atoms with Gasteiger partial charge in [0.05, 0.1) is 17.2 Å². The molecular formula is C20H19ClFN3O. The van der Waals surface area contributed by atoms with Gasteiger partial charge in [-0.05, 0) is 50.4 Å². The number of amides is 1. The van der Waals surface area contributed by atoms with Crippen LogP contribution in [0.15, 0.2) is 54.7 Å². The molecule has 0 aliphatic heterocycles. The van der Waals surface area contributed by atoms with Crippen LogP contribution < -0.4 is 5.32 Å². The molecule has 3 rings (SSSR count). The summed E-state index contributed by atoms with van der Waals surface area (Å²) in [5, 5.41) is 4.16. The number of fused-ring (bicyclic) bond motifs is 1. The fourth-order valence-electron chi connectivity index (χ4n) is 2.72. The largest absolute Gasteiger partial charge is 0.324 e. The number of halogens is 2. The number of aromatic nitrogens is 1. The van der Waals surface area contributed by atoms with Crippen LogP contribution in [0.4, 0.5) is 10.1 Å². The van der Waals surface area contributed by atoms with E-state index in [-0.39, 0.29) is 18.3 Å². The van der Waals surface area contributed by atoms with E-state index in [2.05, 4.69) is 10.3 Å². The molecular weight excluding hydrogens is 353 g/mol. The molecule has 26 heavy (non-hydrogen) atoms. The van der Waals surface area contributed by atoms with Crippen LogP contribution in [0.3, 0.4) is 0 Å². The number of hydrogen-bond donors (Lipinski definition) is 1. The smallest absolute Gasteiger partial charge is 0.241 e. The third-order valence-electron chi connectivity index (χ3n) is 4.41. The molecule has 1 aromatic heterocycles. The first-order valence-corrected chi connectivity index (χ1v) is 8.63. The fraction of sp³-hybridized carbons (Fsp3) is 0.200. The van der Waals surface area contributed by atoms with Crippen molar-refractivity contribution in [2.45, 2.75) is 19.5 Å². The predicted octanol–water partition coefficient (Wildman–Crippen LogP) is 4.49. The number of nitrogens with zero attached hydrogens (tertiary/aromatic N) is 2. The SMILES string of the molecule is C[C@H](C(=O)Nc1cccc2ncccc12)N(C)Cc1c(F)cccc1Cl. The molecule has 2 aromatic carbocycles. The maximum Gasteiger partial charge on any atom is 0.241 e. The van der Waals surface area contributed by atoms with Gasteiger partial charge in [0.25, 0.3) is 0 Å². The molecule has 0 unspecified atom stereocenters. The zero-order chi connectivity index (χ0) is 18.7. The second kappa shape index (κ2) is 7.81. The monoisotopic (exact) mass is 371 g/mol. The van der Waals surface area contributed by atoms with Crippen LogP contribution in [-0.2, 0) is 11.3 Å². The highest BCUT2D eigenvalue weighted by atomic mass is 35.5. The number of carbonyl (C=O) groups is 1. The lowest BCUT2D eigenvalue weighted by Crippen LogP contribution is -2.39. The summed E-state index contributed by atoms with van der Waals surface area (Å²) in [6, 6.07) is 13.4. The average molecular weight is 372 g/mol. The van der Waals surface area contributed by atoms with Gasteiger partial charge < -0.3 is 5.32 Å². The third kappa shape index (κ3) is 3.84. The Balaban J connectivity index is 1.75. The molecule has 6 heteroatoms. The van der Waals surface area contributed by atoms with Crippen molar-refractivity contribution in [1.82, 2.24) is 9.88 Å². The summed E-state index contributed by atoms with van der Waals surface area (Å²) in [5.41, 5.74) is 1.89. The molecule has 0 bridgehead atoms. The number of carbonyl (C=O) groups excluding carboxylic acids is 1. The van der Waals surface area contributed by atoms with E-state index >= 15 is 0 Å². The summed E-state index contributed by atoms with van der Waals surface area (Å²) in [4.78, 5) is 18.7. The summed E-state index contributed by atoms with van der Waals surface area (Å²) in [5.74, 6) is -0.562. The summed E-state index contributed by atoms with van der Waals surface area (Å²) in [7, 11) is 1.76. The van der Waals surface area contributed by atoms with Gasteiger partial charge in [0, 0.05) is 28.7 Å². The van der Waals surface area contributed by atoms with Crippen LogP contribution in [0.1, 0.15) is 12.5 Å². The van der Waals surface area contributed by atoms with Crippen molar-refractivity contribution in [3.05, 3.63) is 71.1 Å². The van der Waals surface area contributed by atoms with Gasteiger partial charge in [0.15, 0.2) is 0 Å². The van der Waals surface area contributed by atoms with Gasteiger partial charge in [-0.15, -0.1) is 0 Å².